The van der Waals surface area contributed by atoms with Crippen molar-refractivity contribution in [1.82, 2.24) is 5.32 Å². The molecule has 1 N–H and O–H groups in total. The standard InChI is InChI=1S/C5H9NO.H2/c1-4-5(2)7-3-6-4;/h6H,3H2,1-2H3;1H. The van der Waals surface area contributed by atoms with Gasteiger partial charge in [-0.15, -0.1) is 0 Å². The highest BCUT2D eigenvalue weighted by atomic mass is 16.5. The van der Waals surface area contributed by atoms with Gasteiger partial charge in [-0.1, -0.05) is 0 Å². The van der Waals surface area contributed by atoms with Crippen LogP contribution >= 0.6 is 0 Å². The molecule has 0 saturated heterocycles. The first kappa shape index (κ1) is 4.50. The molecule has 0 aromatic carbocycles. The lowest BCUT2D eigenvalue weighted by Crippen LogP contribution is -2.04. The number of ether oxygens (including phenoxy) is 1. The van der Waals surface area contributed by atoms with E-state index in [0.29, 0.717) is 6.73 Å². The first-order valence-corrected chi connectivity index (χ1v) is 2.35. The van der Waals surface area contributed by atoms with Crippen molar-refractivity contribution in [3.63, 3.8) is 0 Å². The third kappa shape index (κ3) is 0.683. The van der Waals surface area contributed by atoms with Gasteiger partial charge in [0.05, 0.1) is 0 Å². The molecule has 1 aliphatic rings. The highest BCUT2D eigenvalue weighted by Crippen LogP contribution is 2.06. The average Bonchev–Trinajstić information content (AvgIpc) is 1.91. The lowest BCUT2D eigenvalue weighted by atomic mass is 10.4. The lowest BCUT2D eigenvalue weighted by molar-refractivity contribution is 0.234. The molecule has 0 saturated carbocycles. The van der Waals surface area contributed by atoms with Crippen molar-refractivity contribution in [3.8, 4) is 0 Å². The summed E-state index contributed by atoms with van der Waals surface area (Å²) < 4.78 is 5.03. The fourth-order valence-corrected chi connectivity index (χ4v) is 0.485. The zero-order valence-electron chi connectivity index (χ0n) is 4.62. The Labute approximate surface area is 44.7 Å². The molecule has 0 aliphatic carbocycles. The maximum atomic E-state index is 5.03. The van der Waals surface area contributed by atoms with Gasteiger partial charge in [0, 0.05) is 7.12 Å². The molecular weight excluding hydrogens is 90.1 g/mol. The Morgan fingerprint density at radius 3 is 2.57 bits per heavy atom. The van der Waals surface area contributed by atoms with Gasteiger partial charge in [0.25, 0.3) is 0 Å². The molecule has 0 radical (unpaired) electrons. The van der Waals surface area contributed by atoms with E-state index >= 15 is 0 Å². The molecule has 1 aliphatic heterocycles. The highest BCUT2D eigenvalue weighted by Gasteiger charge is 2.02. The van der Waals surface area contributed by atoms with Crippen LogP contribution < -0.4 is 5.32 Å². The van der Waals surface area contributed by atoms with E-state index < -0.39 is 0 Å². The third-order valence-corrected chi connectivity index (χ3v) is 1.15. The summed E-state index contributed by atoms with van der Waals surface area (Å²) in [6.07, 6.45) is 0. The lowest BCUT2D eigenvalue weighted by Gasteiger charge is -1.88. The largest absolute Gasteiger partial charge is 0.476 e. The quantitative estimate of drug-likeness (QED) is 0.492. The molecule has 0 aromatic heterocycles. The van der Waals surface area contributed by atoms with E-state index in [4.69, 9.17) is 4.74 Å². The number of allylic oxidation sites excluding steroid dienone is 2. The van der Waals surface area contributed by atoms with Crippen molar-refractivity contribution in [2.24, 2.45) is 0 Å². The van der Waals surface area contributed by atoms with Crippen LogP contribution in [-0.2, 0) is 4.74 Å². The monoisotopic (exact) mass is 101 g/mol. The van der Waals surface area contributed by atoms with E-state index in [2.05, 4.69) is 5.32 Å². The minimum Gasteiger partial charge on any atom is -0.476 e. The van der Waals surface area contributed by atoms with E-state index in [-0.39, 0.29) is 1.43 Å². The Kier molecular flexibility index (Phi) is 0.929. The van der Waals surface area contributed by atoms with Crippen molar-refractivity contribution in [3.05, 3.63) is 11.5 Å². The van der Waals surface area contributed by atoms with Crippen molar-refractivity contribution in [2.75, 3.05) is 6.73 Å². The SMILES string of the molecule is CC1=C(C)OCN1.[HH]. The van der Waals surface area contributed by atoms with Gasteiger partial charge < -0.3 is 10.1 Å². The van der Waals surface area contributed by atoms with Crippen molar-refractivity contribution < 1.29 is 6.16 Å². The molecule has 0 amide bonds. The van der Waals surface area contributed by atoms with E-state index in [1.54, 1.807) is 0 Å². The summed E-state index contributed by atoms with van der Waals surface area (Å²) in [7, 11) is 0. The predicted molar refractivity (Wildman–Crippen MR) is 29.6 cm³/mol. The summed E-state index contributed by atoms with van der Waals surface area (Å²) in [5, 5.41) is 3.03. The van der Waals surface area contributed by atoms with Gasteiger partial charge in [0.1, 0.15) is 5.76 Å². The molecule has 0 fully saturated rings. The Hall–Kier alpha value is -0.660. The highest BCUT2D eigenvalue weighted by molar-refractivity contribution is 5.03. The van der Waals surface area contributed by atoms with Gasteiger partial charge in [0.15, 0.2) is 6.73 Å². The molecule has 0 atom stereocenters. The van der Waals surface area contributed by atoms with Crippen LogP contribution in [-0.4, -0.2) is 6.73 Å². The first-order chi connectivity index (χ1) is 3.30. The molecule has 1 heterocycles. The fraction of sp³-hybridized carbons (Fsp3) is 0.600. The fourth-order valence-electron chi connectivity index (χ4n) is 0.485. The van der Waals surface area contributed by atoms with Gasteiger partial charge in [-0.25, -0.2) is 0 Å². The Morgan fingerprint density at radius 2 is 2.43 bits per heavy atom. The average molecular weight is 101 g/mol. The summed E-state index contributed by atoms with van der Waals surface area (Å²) in [6.45, 7) is 4.61. The molecule has 2 nitrogen and oxygen atoms in total. The summed E-state index contributed by atoms with van der Waals surface area (Å²) >= 11 is 0. The zero-order chi connectivity index (χ0) is 5.28. The maximum Gasteiger partial charge on any atom is 0.158 e. The Morgan fingerprint density at radius 1 is 1.71 bits per heavy atom. The molecule has 2 heteroatoms. The van der Waals surface area contributed by atoms with Crippen LogP contribution in [0.3, 0.4) is 0 Å². The van der Waals surface area contributed by atoms with Crippen LogP contribution in [0.5, 0.6) is 0 Å². The minimum absolute atomic E-state index is 0. The van der Waals surface area contributed by atoms with Gasteiger partial charge in [-0.05, 0) is 13.8 Å². The van der Waals surface area contributed by atoms with Crippen LogP contribution in [0.25, 0.3) is 0 Å². The molecule has 7 heavy (non-hydrogen) atoms. The molecule has 0 spiro atoms. The summed E-state index contributed by atoms with van der Waals surface area (Å²) in [6, 6.07) is 0. The second-order valence-electron chi connectivity index (χ2n) is 1.65. The van der Waals surface area contributed by atoms with Gasteiger partial charge in [-0.2, -0.15) is 0 Å². The zero-order valence-corrected chi connectivity index (χ0v) is 4.62. The van der Waals surface area contributed by atoms with Crippen LogP contribution in [0.2, 0.25) is 0 Å². The summed E-state index contributed by atoms with van der Waals surface area (Å²) in [5.74, 6) is 1.01. The first-order valence-electron chi connectivity index (χ1n) is 2.35. The van der Waals surface area contributed by atoms with Crippen LogP contribution in [0.4, 0.5) is 0 Å². The van der Waals surface area contributed by atoms with Crippen LogP contribution in [0, 0.1) is 0 Å². The maximum absolute atomic E-state index is 5.03. The smallest absolute Gasteiger partial charge is 0.158 e. The molecule has 0 aromatic rings. The molecule has 42 valence electrons. The summed E-state index contributed by atoms with van der Waals surface area (Å²) in [4.78, 5) is 0. The van der Waals surface area contributed by atoms with E-state index in [0.717, 1.165) is 11.5 Å². The summed E-state index contributed by atoms with van der Waals surface area (Å²) in [5.41, 5.74) is 1.15. The number of hydrogen-bond acceptors (Lipinski definition) is 2. The van der Waals surface area contributed by atoms with Crippen molar-refractivity contribution in [2.45, 2.75) is 13.8 Å². The number of nitrogens with one attached hydrogen (secondary N) is 1. The van der Waals surface area contributed by atoms with Crippen molar-refractivity contribution in [1.29, 1.82) is 0 Å². The number of rotatable bonds is 0. The Balaban J connectivity index is 0.000000490. The van der Waals surface area contributed by atoms with E-state index in [1.807, 2.05) is 13.8 Å². The molecule has 0 bridgehead atoms. The second-order valence-corrected chi connectivity index (χ2v) is 1.65. The normalized spacial score (nSPS) is 19.1. The molecule has 1 rings (SSSR count). The molecule has 0 unspecified atom stereocenters. The third-order valence-electron chi connectivity index (χ3n) is 1.15. The Bertz CT molecular complexity index is 99.0. The van der Waals surface area contributed by atoms with Crippen LogP contribution in [0.15, 0.2) is 11.5 Å². The molecular formula is C5H11NO. The van der Waals surface area contributed by atoms with Gasteiger partial charge in [-0.3, -0.25) is 0 Å². The van der Waals surface area contributed by atoms with Crippen LogP contribution in [0.1, 0.15) is 15.3 Å². The number of hydrogen-bond donors (Lipinski definition) is 1. The second kappa shape index (κ2) is 1.45. The van der Waals surface area contributed by atoms with E-state index in [1.165, 1.54) is 0 Å². The van der Waals surface area contributed by atoms with E-state index in [9.17, 15) is 0 Å². The minimum atomic E-state index is 0. The predicted octanol–water partition coefficient (Wildman–Crippen LogP) is 1.06. The van der Waals surface area contributed by atoms with Gasteiger partial charge in [0.2, 0.25) is 0 Å². The van der Waals surface area contributed by atoms with Gasteiger partial charge >= 0.3 is 0 Å². The topological polar surface area (TPSA) is 21.3 Å². The van der Waals surface area contributed by atoms with Crippen molar-refractivity contribution >= 4 is 0 Å².